The van der Waals surface area contributed by atoms with Crippen LogP contribution < -0.4 is 9.62 Å². The lowest BCUT2D eigenvalue weighted by Gasteiger charge is -2.24. The number of carbonyl (C=O) groups excluding carboxylic acids is 1. The zero-order valence-corrected chi connectivity index (χ0v) is 20.5. The zero-order chi connectivity index (χ0) is 24.0. The third kappa shape index (κ3) is 6.93. The highest BCUT2D eigenvalue weighted by Crippen LogP contribution is 2.24. The van der Waals surface area contributed by atoms with Crippen molar-refractivity contribution < 1.29 is 13.2 Å². The van der Waals surface area contributed by atoms with Crippen molar-refractivity contribution in [3.05, 3.63) is 101 Å². The molecule has 1 N–H and O–H groups in total. The summed E-state index contributed by atoms with van der Waals surface area (Å²) in [5, 5.41) is 3.13. The molecule has 0 saturated carbocycles. The van der Waals surface area contributed by atoms with Crippen LogP contribution in [-0.4, -0.2) is 27.1 Å². The average Bonchev–Trinajstić information content (AvgIpc) is 2.75. The van der Waals surface area contributed by atoms with Crippen LogP contribution in [0.2, 0.25) is 0 Å². The molecule has 0 radical (unpaired) electrons. The van der Waals surface area contributed by atoms with Crippen LogP contribution in [0.3, 0.4) is 0 Å². The van der Waals surface area contributed by atoms with Gasteiger partial charge in [-0.1, -0.05) is 66.2 Å². The molecular formula is C27H32N2O3S. The van der Waals surface area contributed by atoms with Gasteiger partial charge in [-0.2, -0.15) is 0 Å². The number of anilines is 1. The third-order valence-corrected chi connectivity index (χ3v) is 6.70. The van der Waals surface area contributed by atoms with Crippen LogP contribution in [0.25, 0.3) is 0 Å². The fourth-order valence-electron chi connectivity index (χ4n) is 3.96. The van der Waals surface area contributed by atoms with Crippen LogP contribution in [-0.2, 0) is 14.8 Å². The monoisotopic (exact) mass is 464 g/mol. The van der Waals surface area contributed by atoms with Crippen LogP contribution in [0.5, 0.6) is 0 Å². The Morgan fingerprint density at radius 3 is 2.00 bits per heavy atom. The summed E-state index contributed by atoms with van der Waals surface area (Å²) in [6, 6.07) is 23.4. The highest BCUT2D eigenvalue weighted by molar-refractivity contribution is 7.92. The second-order valence-electron chi connectivity index (χ2n) is 8.61. The van der Waals surface area contributed by atoms with Gasteiger partial charge >= 0.3 is 0 Å². The van der Waals surface area contributed by atoms with Crippen molar-refractivity contribution in [2.45, 2.75) is 39.7 Å². The van der Waals surface area contributed by atoms with Crippen molar-refractivity contribution in [1.29, 1.82) is 0 Å². The molecule has 0 aliphatic heterocycles. The van der Waals surface area contributed by atoms with Crippen molar-refractivity contribution in [1.82, 2.24) is 5.32 Å². The maximum Gasteiger partial charge on any atom is 0.232 e. The number of aryl methyl sites for hydroxylation is 3. The van der Waals surface area contributed by atoms with E-state index in [1.165, 1.54) is 10.6 Å². The first-order valence-corrected chi connectivity index (χ1v) is 13.0. The fourth-order valence-corrected chi connectivity index (χ4v) is 4.91. The number of nitrogens with zero attached hydrogens (tertiary/aromatic N) is 1. The molecule has 3 rings (SSSR count). The first kappa shape index (κ1) is 24.5. The number of sulfonamides is 1. The molecule has 3 aromatic rings. The number of nitrogens with one attached hydrogen (secondary N) is 1. The molecule has 174 valence electrons. The number of benzene rings is 3. The highest BCUT2D eigenvalue weighted by Gasteiger charge is 2.20. The molecule has 0 aliphatic carbocycles. The Morgan fingerprint density at radius 1 is 0.848 bits per heavy atom. The van der Waals surface area contributed by atoms with Gasteiger partial charge in [0, 0.05) is 13.0 Å². The molecule has 0 aliphatic rings. The van der Waals surface area contributed by atoms with Gasteiger partial charge in [-0.15, -0.1) is 0 Å². The lowest BCUT2D eigenvalue weighted by molar-refractivity contribution is -0.121. The van der Waals surface area contributed by atoms with Crippen LogP contribution in [0.4, 0.5) is 5.69 Å². The molecule has 0 spiro atoms. The molecule has 0 bridgehead atoms. The average molecular weight is 465 g/mol. The van der Waals surface area contributed by atoms with Gasteiger partial charge in [0.05, 0.1) is 18.0 Å². The summed E-state index contributed by atoms with van der Waals surface area (Å²) < 4.78 is 26.2. The Hall–Kier alpha value is -3.12. The van der Waals surface area contributed by atoms with Crippen molar-refractivity contribution >= 4 is 21.6 Å². The molecule has 0 saturated heterocycles. The molecule has 1 amide bonds. The summed E-state index contributed by atoms with van der Waals surface area (Å²) in [7, 11) is -3.46. The minimum absolute atomic E-state index is 0.113. The Labute approximate surface area is 197 Å². The van der Waals surface area contributed by atoms with Crippen LogP contribution in [0.1, 0.15) is 46.7 Å². The number of hydrogen-bond acceptors (Lipinski definition) is 3. The van der Waals surface area contributed by atoms with E-state index in [1.54, 1.807) is 0 Å². The maximum atomic E-state index is 12.9. The number of carbonyl (C=O) groups is 1. The Bertz CT molecular complexity index is 1170. The van der Waals surface area contributed by atoms with Crippen molar-refractivity contribution in [3.8, 4) is 0 Å². The summed E-state index contributed by atoms with van der Waals surface area (Å²) in [5.41, 5.74) is 5.80. The lowest BCUT2D eigenvalue weighted by atomic mass is 9.97. The first-order valence-electron chi connectivity index (χ1n) is 11.1. The molecule has 0 fully saturated rings. The predicted molar refractivity (Wildman–Crippen MR) is 135 cm³/mol. The third-order valence-electron chi connectivity index (χ3n) is 5.51. The Morgan fingerprint density at radius 2 is 1.42 bits per heavy atom. The largest absolute Gasteiger partial charge is 0.345 e. The van der Waals surface area contributed by atoms with E-state index in [0.717, 1.165) is 27.8 Å². The second-order valence-corrected chi connectivity index (χ2v) is 10.5. The highest BCUT2D eigenvalue weighted by atomic mass is 32.2. The van der Waals surface area contributed by atoms with E-state index in [-0.39, 0.29) is 24.9 Å². The molecule has 5 nitrogen and oxygen atoms in total. The van der Waals surface area contributed by atoms with E-state index in [1.807, 2.05) is 93.6 Å². The topological polar surface area (TPSA) is 66.5 Å². The van der Waals surface area contributed by atoms with Gasteiger partial charge in [0.25, 0.3) is 0 Å². The van der Waals surface area contributed by atoms with Gasteiger partial charge in [0.1, 0.15) is 0 Å². The van der Waals surface area contributed by atoms with Crippen LogP contribution >= 0.6 is 0 Å². The number of amides is 1. The van der Waals surface area contributed by atoms with E-state index in [0.29, 0.717) is 12.1 Å². The van der Waals surface area contributed by atoms with Gasteiger partial charge in [0.15, 0.2) is 0 Å². The molecule has 0 heterocycles. The minimum atomic E-state index is -3.46. The van der Waals surface area contributed by atoms with E-state index in [2.05, 4.69) is 5.32 Å². The summed E-state index contributed by atoms with van der Waals surface area (Å²) in [6.07, 6.45) is 1.85. The molecular weight excluding hydrogens is 432 g/mol. The van der Waals surface area contributed by atoms with E-state index < -0.39 is 10.0 Å². The van der Waals surface area contributed by atoms with Gasteiger partial charge in [0.2, 0.25) is 15.9 Å². The van der Waals surface area contributed by atoms with Crippen LogP contribution in [0.15, 0.2) is 72.8 Å². The predicted octanol–water partition coefficient (Wildman–Crippen LogP) is 5.06. The van der Waals surface area contributed by atoms with Crippen molar-refractivity contribution in [3.63, 3.8) is 0 Å². The molecule has 3 aromatic carbocycles. The minimum Gasteiger partial charge on any atom is -0.345 e. The summed E-state index contributed by atoms with van der Waals surface area (Å²) >= 11 is 0. The summed E-state index contributed by atoms with van der Waals surface area (Å²) in [5.74, 6) is -0.113. The van der Waals surface area contributed by atoms with Crippen LogP contribution in [0, 0.1) is 20.8 Å². The van der Waals surface area contributed by atoms with Crippen molar-refractivity contribution in [2.75, 3.05) is 17.1 Å². The maximum absolute atomic E-state index is 12.9. The van der Waals surface area contributed by atoms with Crippen molar-refractivity contribution in [2.24, 2.45) is 0 Å². The smallest absolute Gasteiger partial charge is 0.232 e. The van der Waals surface area contributed by atoms with Gasteiger partial charge in [-0.05, 0) is 61.6 Å². The standard InChI is InChI=1S/C27H32N2O3S/c1-20-12-14-24(15-13-20)27(23-9-6-5-7-10-23)28-26(30)11-8-16-29(33(4,31)32)25-18-21(2)17-22(3)19-25/h5-7,9-10,12-15,17-19,27H,8,11,16H2,1-4H3,(H,28,30)/t27-/m0/s1. The van der Waals surface area contributed by atoms with Gasteiger partial charge < -0.3 is 5.32 Å². The van der Waals surface area contributed by atoms with E-state index in [4.69, 9.17) is 0 Å². The van der Waals surface area contributed by atoms with Gasteiger partial charge in [-0.25, -0.2) is 8.42 Å². The first-order chi connectivity index (χ1) is 15.6. The molecule has 0 unspecified atom stereocenters. The quantitative estimate of drug-likeness (QED) is 0.481. The molecule has 0 aromatic heterocycles. The molecule has 1 atom stereocenters. The normalized spacial score (nSPS) is 12.2. The molecule has 6 heteroatoms. The van der Waals surface area contributed by atoms with Gasteiger partial charge in [-0.3, -0.25) is 9.10 Å². The number of rotatable bonds is 9. The lowest BCUT2D eigenvalue weighted by Crippen LogP contribution is -2.33. The summed E-state index contributed by atoms with van der Waals surface area (Å²) in [4.78, 5) is 12.9. The Balaban J connectivity index is 1.70. The SMILES string of the molecule is Cc1ccc([C@@H](NC(=O)CCCN(c2cc(C)cc(C)c2)S(C)(=O)=O)c2ccccc2)cc1. The summed E-state index contributed by atoms with van der Waals surface area (Å²) in [6.45, 7) is 6.16. The molecule has 33 heavy (non-hydrogen) atoms. The zero-order valence-electron chi connectivity index (χ0n) is 19.7. The van der Waals surface area contributed by atoms with E-state index in [9.17, 15) is 13.2 Å². The Kier molecular flexibility index (Phi) is 7.92. The fraction of sp³-hybridized carbons (Fsp3) is 0.296. The van der Waals surface area contributed by atoms with E-state index >= 15 is 0 Å². The number of hydrogen-bond donors (Lipinski definition) is 1. The second kappa shape index (κ2) is 10.7.